The van der Waals surface area contributed by atoms with Gasteiger partial charge in [-0.3, -0.25) is 19.2 Å². The van der Waals surface area contributed by atoms with E-state index in [4.69, 9.17) is 15.6 Å². The number of rotatable bonds is 16. The number of carboxylic acids is 1. The van der Waals surface area contributed by atoms with Gasteiger partial charge in [0.1, 0.15) is 17.8 Å². The molecule has 0 bridgehead atoms. The standard InChI is InChI=1S/C28H38N4O6/c1-19-10-12-23(38-15-7-6-14-29)16-22(19)18-30-27(36)24(13-11-21-8-4-3-5-9-21)32-28(37)25(17-26(34)35)31-20(2)33/h3-5,8-10,12,16,24-25H,6-7,11,13-15,17-18,29H2,1-2H3,(H,30,36)(H,31,33)(H,32,37)(H,34,35). The van der Waals surface area contributed by atoms with E-state index in [-0.39, 0.29) is 13.0 Å². The molecule has 6 N–H and O–H groups in total. The smallest absolute Gasteiger partial charge is 0.305 e. The van der Waals surface area contributed by atoms with Crippen molar-refractivity contribution in [3.63, 3.8) is 0 Å². The van der Waals surface area contributed by atoms with Crippen molar-refractivity contribution in [2.75, 3.05) is 13.2 Å². The van der Waals surface area contributed by atoms with Gasteiger partial charge < -0.3 is 31.5 Å². The largest absolute Gasteiger partial charge is 0.494 e. The van der Waals surface area contributed by atoms with Gasteiger partial charge in [0.15, 0.2) is 0 Å². The third kappa shape index (κ3) is 11.0. The second-order valence-electron chi connectivity index (χ2n) is 9.09. The fraction of sp³-hybridized carbons (Fsp3) is 0.429. The number of aliphatic carboxylic acids is 1. The van der Waals surface area contributed by atoms with Crippen LogP contribution in [0.3, 0.4) is 0 Å². The molecule has 10 nitrogen and oxygen atoms in total. The van der Waals surface area contributed by atoms with E-state index < -0.39 is 42.2 Å². The van der Waals surface area contributed by atoms with Gasteiger partial charge in [0, 0.05) is 13.5 Å². The summed E-state index contributed by atoms with van der Waals surface area (Å²) >= 11 is 0. The lowest BCUT2D eigenvalue weighted by Gasteiger charge is -2.22. The predicted molar refractivity (Wildman–Crippen MR) is 143 cm³/mol. The third-order valence-corrected chi connectivity index (χ3v) is 5.91. The molecule has 206 valence electrons. The molecule has 2 unspecified atom stereocenters. The molecule has 2 rings (SSSR count). The van der Waals surface area contributed by atoms with Crippen LogP contribution < -0.4 is 26.4 Å². The van der Waals surface area contributed by atoms with Crippen LogP contribution in [0.5, 0.6) is 5.75 Å². The number of carbonyl (C=O) groups excluding carboxylic acids is 3. The first kappa shape index (κ1) is 30.3. The topological polar surface area (TPSA) is 160 Å². The van der Waals surface area contributed by atoms with Gasteiger partial charge in [-0.2, -0.15) is 0 Å². The first-order chi connectivity index (χ1) is 18.2. The number of aryl methyl sites for hydroxylation is 2. The molecular formula is C28H38N4O6. The predicted octanol–water partition coefficient (Wildman–Crippen LogP) is 1.83. The number of carbonyl (C=O) groups is 4. The van der Waals surface area contributed by atoms with Crippen LogP contribution in [0, 0.1) is 6.92 Å². The summed E-state index contributed by atoms with van der Waals surface area (Å²) in [5.74, 6) is -2.25. The van der Waals surface area contributed by atoms with E-state index in [0.29, 0.717) is 25.3 Å². The molecular weight excluding hydrogens is 488 g/mol. The van der Waals surface area contributed by atoms with Crippen molar-refractivity contribution >= 4 is 23.7 Å². The van der Waals surface area contributed by atoms with Gasteiger partial charge in [0.2, 0.25) is 17.7 Å². The number of nitrogens with two attached hydrogens (primary N) is 1. The summed E-state index contributed by atoms with van der Waals surface area (Å²) in [6, 6.07) is 12.9. The van der Waals surface area contributed by atoms with E-state index in [1.165, 1.54) is 6.92 Å². The van der Waals surface area contributed by atoms with Gasteiger partial charge in [-0.15, -0.1) is 0 Å². The van der Waals surface area contributed by atoms with E-state index in [9.17, 15) is 19.2 Å². The maximum Gasteiger partial charge on any atom is 0.305 e. The number of unbranched alkanes of at least 4 members (excludes halogenated alkanes) is 1. The number of carboxylic acid groups (broad SMARTS) is 1. The lowest BCUT2D eigenvalue weighted by atomic mass is 10.0. The molecule has 0 aliphatic heterocycles. The van der Waals surface area contributed by atoms with Crippen molar-refractivity contribution in [2.24, 2.45) is 5.73 Å². The molecule has 0 radical (unpaired) electrons. The Labute approximate surface area is 223 Å². The summed E-state index contributed by atoms with van der Waals surface area (Å²) in [6.45, 7) is 4.49. The van der Waals surface area contributed by atoms with Gasteiger partial charge >= 0.3 is 5.97 Å². The second-order valence-corrected chi connectivity index (χ2v) is 9.09. The van der Waals surface area contributed by atoms with Crippen molar-refractivity contribution in [3.05, 3.63) is 65.2 Å². The average molecular weight is 527 g/mol. The first-order valence-electron chi connectivity index (χ1n) is 12.7. The number of hydrogen-bond donors (Lipinski definition) is 5. The van der Waals surface area contributed by atoms with E-state index in [1.54, 1.807) is 0 Å². The van der Waals surface area contributed by atoms with Crippen molar-refractivity contribution in [1.29, 1.82) is 0 Å². The molecule has 2 aromatic carbocycles. The highest BCUT2D eigenvalue weighted by Crippen LogP contribution is 2.18. The van der Waals surface area contributed by atoms with Crippen molar-refractivity contribution in [1.82, 2.24) is 16.0 Å². The molecule has 10 heteroatoms. The Bertz CT molecular complexity index is 1060. The van der Waals surface area contributed by atoms with Crippen LogP contribution in [0.25, 0.3) is 0 Å². The van der Waals surface area contributed by atoms with E-state index >= 15 is 0 Å². The second kappa shape index (κ2) is 16.0. The summed E-state index contributed by atoms with van der Waals surface area (Å²) in [5, 5.41) is 17.0. The SMILES string of the molecule is CC(=O)NC(CC(=O)O)C(=O)NC(CCc1ccccc1)C(=O)NCc1cc(OCCCCN)ccc1C. The zero-order valence-corrected chi connectivity index (χ0v) is 22.0. The van der Waals surface area contributed by atoms with Crippen LogP contribution in [0.15, 0.2) is 48.5 Å². The normalized spacial score (nSPS) is 12.2. The van der Waals surface area contributed by atoms with Crippen LogP contribution >= 0.6 is 0 Å². The summed E-state index contributed by atoms with van der Waals surface area (Å²) in [5.41, 5.74) is 8.34. The quantitative estimate of drug-likeness (QED) is 0.209. The third-order valence-electron chi connectivity index (χ3n) is 5.91. The molecule has 0 aliphatic rings. The highest BCUT2D eigenvalue weighted by atomic mass is 16.5. The van der Waals surface area contributed by atoms with Crippen LogP contribution in [0.1, 0.15) is 49.3 Å². The molecule has 0 fully saturated rings. The number of hydrogen-bond acceptors (Lipinski definition) is 6. The van der Waals surface area contributed by atoms with Gasteiger partial charge in [-0.05, 0) is 68.0 Å². The Hall–Kier alpha value is -3.92. The highest BCUT2D eigenvalue weighted by molar-refractivity contribution is 5.93. The molecule has 0 saturated heterocycles. The van der Waals surface area contributed by atoms with E-state index in [2.05, 4.69) is 16.0 Å². The zero-order valence-electron chi connectivity index (χ0n) is 22.0. The lowest BCUT2D eigenvalue weighted by molar-refractivity contribution is -0.140. The maximum atomic E-state index is 13.2. The molecule has 0 aliphatic carbocycles. The lowest BCUT2D eigenvalue weighted by Crippen LogP contribution is -2.54. The van der Waals surface area contributed by atoms with Gasteiger partial charge in [-0.1, -0.05) is 36.4 Å². The Morgan fingerprint density at radius 2 is 1.71 bits per heavy atom. The first-order valence-corrected chi connectivity index (χ1v) is 12.7. The highest BCUT2D eigenvalue weighted by Gasteiger charge is 2.27. The number of nitrogens with one attached hydrogen (secondary N) is 3. The Morgan fingerprint density at radius 1 is 0.974 bits per heavy atom. The molecule has 2 atom stereocenters. The van der Waals surface area contributed by atoms with Gasteiger partial charge in [0.25, 0.3) is 0 Å². The van der Waals surface area contributed by atoms with Crippen LogP contribution in [0.4, 0.5) is 0 Å². The number of benzene rings is 2. The van der Waals surface area contributed by atoms with Crippen molar-refractivity contribution < 1.29 is 29.0 Å². The summed E-state index contributed by atoms with van der Waals surface area (Å²) in [6.07, 6.45) is 1.91. The van der Waals surface area contributed by atoms with Crippen molar-refractivity contribution in [3.8, 4) is 5.75 Å². The molecule has 3 amide bonds. The Kier molecular flexibility index (Phi) is 12.8. The number of ether oxygens (including phenoxy) is 1. The Balaban J connectivity index is 2.11. The van der Waals surface area contributed by atoms with E-state index in [1.807, 2.05) is 55.5 Å². The molecule has 0 aromatic heterocycles. The van der Waals surface area contributed by atoms with Gasteiger partial charge in [0.05, 0.1) is 13.0 Å². The van der Waals surface area contributed by atoms with Crippen LogP contribution in [-0.2, 0) is 32.1 Å². The molecule has 2 aromatic rings. The van der Waals surface area contributed by atoms with E-state index in [0.717, 1.165) is 29.5 Å². The molecule has 0 saturated carbocycles. The summed E-state index contributed by atoms with van der Waals surface area (Å²) in [4.78, 5) is 48.8. The minimum atomic E-state index is -1.30. The fourth-order valence-electron chi connectivity index (χ4n) is 3.80. The van der Waals surface area contributed by atoms with Gasteiger partial charge in [-0.25, -0.2) is 0 Å². The zero-order chi connectivity index (χ0) is 27.9. The fourth-order valence-corrected chi connectivity index (χ4v) is 3.80. The molecule has 0 heterocycles. The minimum Gasteiger partial charge on any atom is -0.494 e. The monoisotopic (exact) mass is 526 g/mol. The minimum absolute atomic E-state index is 0.215. The molecule has 38 heavy (non-hydrogen) atoms. The van der Waals surface area contributed by atoms with Crippen molar-refractivity contribution in [2.45, 2.75) is 64.6 Å². The summed E-state index contributed by atoms with van der Waals surface area (Å²) in [7, 11) is 0. The number of amides is 3. The summed E-state index contributed by atoms with van der Waals surface area (Å²) < 4.78 is 5.78. The Morgan fingerprint density at radius 3 is 2.37 bits per heavy atom. The van der Waals surface area contributed by atoms with Crippen LogP contribution in [0.2, 0.25) is 0 Å². The maximum absolute atomic E-state index is 13.2. The average Bonchev–Trinajstić information content (AvgIpc) is 2.88. The molecule has 0 spiro atoms. The van der Waals surface area contributed by atoms with Crippen LogP contribution in [-0.4, -0.2) is 54.0 Å².